The van der Waals surface area contributed by atoms with Gasteiger partial charge in [0.15, 0.2) is 0 Å². The molecule has 0 saturated heterocycles. The summed E-state index contributed by atoms with van der Waals surface area (Å²) in [7, 11) is 0. The van der Waals surface area contributed by atoms with Crippen molar-refractivity contribution in [1.29, 1.82) is 0 Å². The maximum absolute atomic E-state index is 12.6. The zero-order valence-electron chi connectivity index (χ0n) is 16.5. The van der Waals surface area contributed by atoms with E-state index in [1.54, 1.807) is 34.4 Å². The smallest absolute Gasteiger partial charge is 0.259 e. The van der Waals surface area contributed by atoms with Crippen molar-refractivity contribution in [1.82, 2.24) is 14.9 Å². The van der Waals surface area contributed by atoms with Crippen LogP contribution in [0, 0.1) is 0 Å². The Hall–Kier alpha value is -1.64. The quantitative estimate of drug-likeness (QED) is 0.513. The fourth-order valence-corrected chi connectivity index (χ4v) is 6.52. The molecule has 0 fully saturated rings. The Balaban J connectivity index is 1.33. The van der Waals surface area contributed by atoms with Crippen molar-refractivity contribution in [2.24, 2.45) is 0 Å². The molecule has 0 radical (unpaired) electrons. The number of amides is 1. The molecule has 5 nitrogen and oxygen atoms in total. The van der Waals surface area contributed by atoms with E-state index in [1.165, 1.54) is 21.7 Å². The number of aromatic nitrogens is 2. The van der Waals surface area contributed by atoms with Crippen LogP contribution < -0.4 is 5.56 Å². The molecule has 0 aliphatic heterocycles. The van der Waals surface area contributed by atoms with Gasteiger partial charge in [-0.05, 0) is 49.6 Å². The average molecular weight is 448 g/mol. The number of thioether (sulfide) groups is 1. The molecule has 0 spiro atoms. The largest absolute Gasteiger partial charge is 0.338 e. The maximum atomic E-state index is 12.6. The minimum atomic E-state index is -0.00539. The number of carbonyl (C=O) groups excluding carboxylic acids is 1. The minimum Gasteiger partial charge on any atom is -0.338 e. The van der Waals surface area contributed by atoms with Gasteiger partial charge in [-0.15, -0.1) is 22.7 Å². The number of aryl methyl sites for hydroxylation is 2. The number of nitrogens with zero attached hydrogens (tertiary/aromatic N) is 2. The predicted octanol–water partition coefficient (Wildman–Crippen LogP) is 4.60. The third-order valence-electron chi connectivity index (χ3n) is 5.23. The summed E-state index contributed by atoms with van der Waals surface area (Å²) in [5.74, 6) is 2.24. The third kappa shape index (κ3) is 4.75. The fourth-order valence-electron chi connectivity index (χ4n) is 3.73. The molecule has 1 aliphatic carbocycles. The summed E-state index contributed by atoms with van der Waals surface area (Å²) < 4.78 is 0. The molecule has 0 aromatic carbocycles. The van der Waals surface area contributed by atoms with Crippen molar-refractivity contribution < 1.29 is 4.79 Å². The molecule has 3 aromatic rings. The van der Waals surface area contributed by atoms with E-state index in [-0.39, 0.29) is 11.5 Å². The number of H-pyrrole nitrogens is 1. The van der Waals surface area contributed by atoms with Gasteiger partial charge in [0.1, 0.15) is 10.7 Å². The van der Waals surface area contributed by atoms with Gasteiger partial charge in [0, 0.05) is 28.5 Å². The SMILES string of the molecule is CCN(Cc1cccs1)C(=O)CCSCc1nc2sc3c(c2c(=O)[nH]1)CCCC3. The summed E-state index contributed by atoms with van der Waals surface area (Å²) >= 11 is 5.01. The average Bonchev–Trinajstić information content (AvgIpc) is 3.36. The van der Waals surface area contributed by atoms with E-state index in [0.29, 0.717) is 24.5 Å². The predicted molar refractivity (Wildman–Crippen MR) is 123 cm³/mol. The van der Waals surface area contributed by atoms with E-state index in [2.05, 4.69) is 11.1 Å². The summed E-state index contributed by atoms with van der Waals surface area (Å²) in [5, 5.41) is 2.85. The van der Waals surface area contributed by atoms with Crippen LogP contribution in [0.5, 0.6) is 0 Å². The molecule has 0 saturated carbocycles. The molecular formula is C21H25N3O2S3. The lowest BCUT2D eigenvalue weighted by Gasteiger charge is -2.20. The number of fused-ring (bicyclic) bond motifs is 3. The van der Waals surface area contributed by atoms with E-state index in [1.807, 2.05) is 23.3 Å². The Kier molecular flexibility index (Phi) is 6.72. The second kappa shape index (κ2) is 9.45. The van der Waals surface area contributed by atoms with Crippen molar-refractivity contribution in [2.45, 2.75) is 51.3 Å². The first kappa shape index (κ1) is 20.6. The van der Waals surface area contributed by atoms with E-state index >= 15 is 0 Å². The van der Waals surface area contributed by atoms with Crippen molar-refractivity contribution in [2.75, 3.05) is 12.3 Å². The van der Waals surface area contributed by atoms with Crippen LogP contribution in [0.2, 0.25) is 0 Å². The van der Waals surface area contributed by atoms with Crippen LogP contribution in [0.1, 0.15) is 47.3 Å². The monoisotopic (exact) mass is 447 g/mol. The molecule has 1 amide bonds. The lowest BCUT2D eigenvalue weighted by atomic mass is 9.97. The van der Waals surface area contributed by atoms with Crippen molar-refractivity contribution in [3.63, 3.8) is 0 Å². The number of nitrogens with one attached hydrogen (secondary N) is 1. The van der Waals surface area contributed by atoms with Gasteiger partial charge in [-0.25, -0.2) is 4.98 Å². The Morgan fingerprint density at radius 2 is 2.21 bits per heavy atom. The normalized spacial score (nSPS) is 13.6. The number of rotatable bonds is 8. The third-order valence-corrected chi connectivity index (χ3v) is 8.25. The van der Waals surface area contributed by atoms with Crippen molar-refractivity contribution in [3.8, 4) is 0 Å². The number of hydrogen-bond acceptors (Lipinski definition) is 6. The van der Waals surface area contributed by atoms with Crippen LogP contribution >= 0.6 is 34.4 Å². The van der Waals surface area contributed by atoms with Crippen molar-refractivity contribution in [3.05, 3.63) is 49.0 Å². The van der Waals surface area contributed by atoms with Crippen molar-refractivity contribution >= 4 is 50.6 Å². The van der Waals surface area contributed by atoms with E-state index in [9.17, 15) is 9.59 Å². The number of aromatic amines is 1. The van der Waals surface area contributed by atoms with Crippen LogP contribution in [0.15, 0.2) is 22.3 Å². The molecule has 8 heteroatoms. The second-order valence-corrected chi connectivity index (χ2v) is 10.4. The van der Waals surface area contributed by atoms with Crippen LogP contribution in [-0.4, -0.2) is 33.1 Å². The Bertz CT molecular complexity index is 1040. The van der Waals surface area contributed by atoms with Gasteiger partial charge in [0.05, 0.1) is 17.7 Å². The van der Waals surface area contributed by atoms with Gasteiger partial charge in [-0.1, -0.05) is 6.07 Å². The van der Waals surface area contributed by atoms with Crippen LogP contribution in [0.3, 0.4) is 0 Å². The minimum absolute atomic E-state index is 0.00539. The summed E-state index contributed by atoms with van der Waals surface area (Å²) in [6, 6.07) is 4.08. The van der Waals surface area contributed by atoms with Crippen LogP contribution in [0.4, 0.5) is 0 Å². The topological polar surface area (TPSA) is 66.1 Å². The molecule has 3 aromatic heterocycles. The number of hydrogen-bond donors (Lipinski definition) is 1. The fraction of sp³-hybridized carbons (Fsp3) is 0.476. The maximum Gasteiger partial charge on any atom is 0.259 e. The van der Waals surface area contributed by atoms with Crippen LogP contribution in [0.25, 0.3) is 10.2 Å². The second-order valence-electron chi connectivity index (χ2n) is 7.19. The van der Waals surface area contributed by atoms with Gasteiger partial charge in [-0.2, -0.15) is 11.8 Å². The molecule has 3 heterocycles. The molecule has 0 unspecified atom stereocenters. The highest BCUT2D eigenvalue weighted by Gasteiger charge is 2.20. The molecule has 29 heavy (non-hydrogen) atoms. The van der Waals surface area contributed by atoms with Crippen LogP contribution in [-0.2, 0) is 29.9 Å². The highest BCUT2D eigenvalue weighted by atomic mass is 32.2. The molecule has 1 N–H and O–H groups in total. The lowest BCUT2D eigenvalue weighted by molar-refractivity contribution is -0.131. The van der Waals surface area contributed by atoms with Gasteiger partial charge in [0.2, 0.25) is 5.91 Å². The molecule has 0 bridgehead atoms. The zero-order valence-corrected chi connectivity index (χ0v) is 19.0. The summed E-state index contributed by atoms with van der Waals surface area (Å²) in [5.41, 5.74) is 1.22. The van der Waals surface area contributed by atoms with E-state index in [0.717, 1.165) is 41.8 Å². The Morgan fingerprint density at radius 1 is 1.34 bits per heavy atom. The first-order valence-electron chi connectivity index (χ1n) is 10.1. The van der Waals surface area contributed by atoms with Gasteiger partial charge < -0.3 is 9.88 Å². The summed E-state index contributed by atoms with van der Waals surface area (Å²) in [6.45, 7) is 3.42. The summed E-state index contributed by atoms with van der Waals surface area (Å²) in [4.78, 5) is 38.1. The molecule has 154 valence electrons. The molecular weight excluding hydrogens is 422 g/mol. The Morgan fingerprint density at radius 3 is 3.00 bits per heavy atom. The zero-order chi connectivity index (χ0) is 20.2. The number of thiophene rings is 2. The van der Waals surface area contributed by atoms with Gasteiger partial charge in [0.25, 0.3) is 5.56 Å². The standard InChI is InChI=1S/C21H25N3O2S3/c1-2-24(12-14-6-5-10-28-14)18(25)9-11-27-13-17-22-20(26)19-15-7-3-4-8-16(15)29-21(19)23-17/h5-6,10H,2-4,7-9,11-13H2,1H3,(H,22,23,26). The molecule has 1 aliphatic rings. The molecule has 4 rings (SSSR count). The van der Waals surface area contributed by atoms with Gasteiger partial charge in [-0.3, -0.25) is 9.59 Å². The molecule has 0 atom stereocenters. The van der Waals surface area contributed by atoms with E-state index in [4.69, 9.17) is 4.98 Å². The highest BCUT2D eigenvalue weighted by molar-refractivity contribution is 7.98. The van der Waals surface area contributed by atoms with E-state index < -0.39 is 0 Å². The first-order valence-corrected chi connectivity index (χ1v) is 12.9. The highest BCUT2D eigenvalue weighted by Crippen LogP contribution is 2.33. The Labute approximate surface area is 182 Å². The summed E-state index contributed by atoms with van der Waals surface area (Å²) in [6.07, 6.45) is 4.93. The lowest BCUT2D eigenvalue weighted by Crippen LogP contribution is -2.30. The first-order chi connectivity index (χ1) is 14.2. The number of carbonyl (C=O) groups is 1. The van der Waals surface area contributed by atoms with Gasteiger partial charge >= 0.3 is 0 Å².